The first kappa shape index (κ1) is 21.6. The summed E-state index contributed by atoms with van der Waals surface area (Å²) in [6, 6.07) is 9.30. The van der Waals surface area contributed by atoms with Gasteiger partial charge in [-0.05, 0) is 42.8 Å². The summed E-state index contributed by atoms with van der Waals surface area (Å²) < 4.78 is 5.44. The predicted octanol–water partition coefficient (Wildman–Crippen LogP) is 4.08. The lowest BCUT2D eigenvalue weighted by Crippen LogP contribution is -2.29. The third kappa shape index (κ3) is 3.87. The van der Waals surface area contributed by atoms with Crippen LogP contribution in [0.5, 0.6) is 5.75 Å². The van der Waals surface area contributed by atoms with Crippen LogP contribution < -0.4 is 9.64 Å². The Balaban J connectivity index is 1.85. The van der Waals surface area contributed by atoms with Crippen molar-refractivity contribution in [2.24, 2.45) is 0 Å². The molecule has 0 aliphatic carbocycles. The lowest BCUT2D eigenvalue weighted by Gasteiger charge is -2.22. The highest BCUT2D eigenvalue weighted by molar-refractivity contribution is 7.15. The molecule has 0 spiro atoms. The molecule has 1 fully saturated rings. The number of Topliss-reactive ketones (excluding diaryl/α,β-unsaturated/α-hetero) is 1. The number of pyridine rings is 1. The minimum Gasteiger partial charge on any atom is -0.507 e. The summed E-state index contributed by atoms with van der Waals surface area (Å²) in [4.78, 5) is 31.6. The Morgan fingerprint density at radius 3 is 2.53 bits per heavy atom. The number of carbonyl (C=O) groups is 2. The van der Waals surface area contributed by atoms with Crippen LogP contribution in [0.2, 0.25) is 0 Å². The van der Waals surface area contributed by atoms with E-state index < -0.39 is 17.7 Å². The Bertz CT molecular complexity index is 1170. The molecular formula is C23H22N4O4S. The first-order valence-electron chi connectivity index (χ1n) is 10.2. The predicted molar refractivity (Wildman–Crippen MR) is 121 cm³/mol. The van der Waals surface area contributed by atoms with Gasteiger partial charge in [0, 0.05) is 23.9 Å². The van der Waals surface area contributed by atoms with Gasteiger partial charge in [-0.3, -0.25) is 19.5 Å². The number of hydrogen-bond donors (Lipinski definition) is 1. The van der Waals surface area contributed by atoms with Crippen LogP contribution in [-0.2, 0) is 9.59 Å². The fourth-order valence-electron chi connectivity index (χ4n) is 3.47. The standard InChI is InChI=1S/C23H22N4O4S/c1-4-31-16-9-7-14(8-10-16)19(28)17-18(15-6-5-11-24-12-15)27(22(30)20(17)29)23-26-25-21(32-23)13(2)3/h5-13,18,28H,4H2,1-3H3/t18-/m1/s1. The largest absolute Gasteiger partial charge is 0.507 e. The van der Waals surface area contributed by atoms with E-state index >= 15 is 0 Å². The number of ketones is 1. The lowest BCUT2D eigenvalue weighted by molar-refractivity contribution is -0.132. The van der Waals surface area contributed by atoms with Crippen molar-refractivity contribution in [1.29, 1.82) is 0 Å². The van der Waals surface area contributed by atoms with Crippen LogP contribution in [0.4, 0.5) is 5.13 Å². The van der Waals surface area contributed by atoms with E-state index in [2.05, 4.69) is 15.2 Å². The Morgan fingerprint density at radius 1 is 1.19 bits per heavy atom. The molecule has 0 radical (unpaired) electrons. The molecule has 8 nitrogen and oxygen atoms in total. The molecule has 2 aromatic heterocycles. The van der Waals surface area contributed by atoms with Crippen LogP contribution in [0.15, 0.2) is 54.4 Å². The first-order valence-corrected chi connectivity index (χ1v) is 11.0. The van der Waals surface area contributed by atoms with Crippen molar-refractivity contribution >= 4 is 33.9 Å². The van der Waals surface area contributed by atoms with E-state index in [9.17, 15) is 14.7 Å². The van der Waals surface area contributed by atoms with E-state index in [1.807, 2.05) is 20.8 Å². The average molecular weight is 451 g/mol. The molecule has 4 rings (SSSR count). The maximum atomic E-state index is 13.1. The smallest absolute Gasteiger partial charge is 0.301 e. The maximum absolute atomic E-state index is 13.1. The van der Waals surface area contributed by atoms with Crippen LogP contribution in [-0.4, -0.2) is 38.6 Å². The lowest BCUT2D eigenvalue weighted by atomic mass is 9.96. The molecule has 0 unspecified atom stereocenters. The third-order valence-corrected chi connectivity index (χ3v) is 6.24. The number of aromatic nitrogens is 3. The molecule has 3 heterocycles. The number of ether oxygens (including phenoxy) is 1. The number of rotatable bonds is 6. The van der Waals surface area contributed by atoms with Gasteiger partial charge in [-0.15, -0.1) is 10.2 Å². The first-order chi connectivity index (χ1) is 15.4. The summed E-state index contributed by atoms with van der Waals surface area (Å²) in [6.07, 6.45) is 3.17. The van der Waals surface area contributed by atoms with Crippen LogP contribution in [0.1, 0.15) is 48.9 Å². The molecule has 164 valence electrons. The molecule has 1 atom stereocenters. The van der Waals surface area contributed by atoms with Crippen LogP contribution in [0.25, 0.3) is 5.76 Å². The summed E-state index contributed by atoms with van der Waals surface area (Å²) in [7, 11) is 0. The van der Waals surface area contributed by atoms with Crippen molar-refractivity contribution < 1.29 is 19.4 Å². The Hall–Kier alpha value is -3.59. The quantitative estimate of drug-likeness (QED) is 0.343. The minimum atomic E-state index is -0.872. The highest BCUT2D eigenvalue weighted by Crippen LogP contribution is 2.43. The average Bonchev–Trinajstić information content (AvgIpc) is 3.38. The molecule has 0 bridgehead atoms. The number of amides is 1. The van der Waals surface area contributed by atoms with Gasteiger partial charge in [0.2, 0.25) is 5.13 Å². The zero-order valence-corrected chi connectivity index (χ0v) is 18.7. The number of nitrogens with zero attached hydrogens (tertiary/aromatic N) is 4. The number of hydrogen-bond acceptors (Lipinski definition) is 8. The topological polar surface area (TPSA) is 106 Å². The van der Waals surface area contributed by atoms with Crippen LogP contribution in [0, 0.1) is 0 Å². The molecule has 1 N–H and O–H groups in total. The zero-order chi connectivity index (χ0) is 22.8. The molecule has 1 saturated heterocycles. The summed E-state index contributed by atoms with van der Waals surface area (Å²) in [5.41, 5.74) is 0.967. The van der Waals surface area contributed by atoms with E-state index in [0.717, 1.165) is 5.01 Å². The van der Waals surface area contributed by atoms with Gasteiger partial charge in [-0.25, -0.2) is 0 Å². The summed E-state index contributed by atoms with van der Waals surface area (Å²) >= 11 is 1.25. The van der Waals surface area contributed by atoms with Gasteiger partial charge < -0.3 is 9.84 Å². The third-order valence-electron chi connectivity index (χ3n) is 5.01. The van der Waals surface area contributed by atoms with E-state index in [1.54, 1.807) is 48.8 Å². The second-order valence-corrected chi connectivity index (χ2v) is 8.48. The molecule has 9 heteroatoms. The highest BCUT2D eigenvalue weighted by atomic mass is 32.1. The van der Waals surface area contributed by atoms with Gasteiger partial charge in [0.15, 0.2) is 0 Å². The van der Waals surface area contributed by atoms with E-state index in [0.29, 0.717) is 28.6 Å². The van der Waals surface area contributed by atoms with Crippen molar-refractivity contribution in [3.8, 4) is 5.75 Å². The van der Waals surface area contributed by atoms with Crippen LogP contribution in [0.3, 0.4) is 0 Å². The molecular weight excluding hydrogens is 428 g/mol. The zero-order valence-electron chi connectivity index (χ0n) is 17.8. The second-order valence-electron chi connectivity index (χ2n) is 7.49. The number of carbonyl (C=O) groups excluding carboxylic acids is 2. The van der Waals surface area contributed by atoms with Gasteiger partial charge in [0.05, 0.1) is 18.2 Å². The number of aliphatic hydroxyl groups is 1. The normalized spacial score (nSPS) is 17.9. The molecule has 1 aliphatic heterocycles. The number of anilines is 1. The van der Waals surface area contributed by atoms with Gasteiger partial charge >= 0.3 is 5.91 Å². The molecule has 3 aromatic rings. The van der Waals surface area contributed by atoms with E-state index in [-0.39, 0.29) is 17.3 Å². The van der Waals surface area contributed by atoms with Gasteiger partial charge in [-0.1, -0.05) is 31.3 Å². The van der Waals surface area contributed by atoms with Gasteiger partial charge in [0.25, 0.3) is 5.78 Å². The van der Waals surface area contributed by atoms with Gasteiger partial charge in [-0.2, -0.15) is 0 Å². The Kier molecular flexibility index (Phi) is 6.00. The van der Waals surface area contributed by atoms with E-state index in [4.69, 9.17) is 4.74 Å². The van der Waals surface area contributed by atoms with Crippen molar-refractivity contribution in [2.45, 2.75) is 32.7 Å². The van der Waals surface area contributed by atoms with Crippen molar-refractivity contribution in [1.82, 2.24) is 15.2 Å². The molecule has 1 aliphatic rings. The summed E-state index contributed by atoms with van der Waals surface area (Å²) in [6.45, 7) is 6.34. The maximum Gasteiger partial charge on any atom is 0.301 e. The summed E-state index contributed by atoms with van der Waals surface area (Å²) in [5.74, 6) is -1.05. The monoisotopic (exact) mass is 450 g/mol. The van der Waals surface area contributed by atoms with Crippen molar-refractivity contribution in [3.05, 3.63) is 70.5 Å². The number of benzene rings is 1. The minimum absolute atomic E-state index is 0.0199. The molecule has 1 aromatic carbocycles. The Morgan fingerprint density at radius 2 is 1.94 bits per heavy atom. The highest BCUT2D eigenvalue weighted by Gasteiger charge is 2.48. The second kappa shape index (κ2) is 8.88. The Labute approximate surface area is 189 Å². The fourth-order valence-corrected chi connectivity index (χ4v) is 4.34. The molecule has 0 saturated carbocycles. The summed E-state index contributed by atoms with van der Waals surface area (Å²) in [5, 5.41) is 20.5. The molecule has 1 amide bonds. The van der Waals surface area contributed by atoms with Gasteiger partial charge in [0.1, 0.15) is 16.5 Å². The number of aliphatic hydroxyl groups excluding tert-OH is 1. The van der Waals surface area contributed by atoms with Crippen LogP contribution >= 0.6 is 11.3 Å². The van der Waals surface area contributed by atoms with Crippen molar-refractivity contribution in [3.63, 3.8) is 0 Å². The fraction of sp³-hybridized carbons (Fsp3) is 0.261. The van der Waals surface area contributed by atoms with E-state index in [1.165, 1.54) is 16.2 Å². The van der Waals surface area contributed by atoms with Crippen molar-refractivity contribution in [2.75, 3.05) is 11.5 Å². The molecule has 32 heavy (non-hydrogen) atoms. The SMILES string of the molecule is CCOc1ccc(C(O)=C2C(=O)C(=O)N(c3nnc(C(C)C)s3)[C@@H]2c2cccnc2)cc1.